The maximum absolute atomic E-state index is 6.23. The first-order chi connectivity index (χ1) is 10.0. The minimum atomic E-state index is 0.170. The third-order valence-electron chi connectivity index (χ3n) is 3.64. The average Bonchev–Trinajstić information content (AvgIpc) is 2.49. The molecule has 0 radical (unpaired) electrons. The van der Waals surface area contributed by atoms with E-state index >= 15 is 0 Å². The maximum atomic E-state index is 6.23. The van der Waals surface area contributed by atoms with Crippen LogP contribution in [0.2, 0.25) is 10.2 Å². The van der Waals surface area contributed by atoms with Gasteiger partial charge in [-0.15, -0.1) is 0 Å². The van der Waals surface area contributed by atoms with Crippen molar-refractivity contribution in [3.63, 3.8) is 0 Å². The van der Waals surface area contributed by atoms with Gasteiger partial charge in [-0.25, -0.2) is 9.97 Å². The van der Waals surface area contributed by atoms with Crippen molar-refractivity contribution in [3.05, 3.63) is 51.9 Å². The van der Waals surface area contributed by atoms with Gasteiger partial charge in [-0.1, -0.05) is 48.7 Å². The lowest BCUT2D eigenvalue weighted by Gasteiger charge is -2.28. The van der Waals surface area contributed by atoms with E-state index in [1.807, 2.05) is 31.3 Å². The molecule has 0 N–H and O–H groups in total. The Balaban J connectivity index is 2.32. The van der Waals surface area contributed by atoms with Crippen LogP contribution >= 0.6 is 23.2 Å². The van der Waals surface area contributed by atoms with Crippen molar-refractivity contribution in [3.8, 4) is 0 Å². The molecule has 1 aromatic heterocycles. The smallest absolute Gasteiger partial charge is 0.137 e. The fraction of sp³-hybridized carbons (Fsp3) is 0.375. The summed E-state index contributed by atoms with van der Waals surface area (Å²) in [5, 5.41) is 1.28. The summed E-state index contributed by atoms with van der Waals surface area (Å²) in [6.45, 7) is 4.25. The van der Waals surface area contributed by atoms with Crippen LogP contribution < -0.4 is 4.90 Å². The highest BCUT2D eigenvalue weighted by Gasteiger charge is 2.18. The van der Waals surface area contributed by atoms with Gasteiger partial charge in [0.2, 0.25) is 0 Å². The van der Waals surface area contributed by atoms with E-state index < -0.39 is 0 Å². The Morgan fingerprint density at radius 2 is 1.81 bits per heavy atom. The van der Waals surface area contributed by atoms with E-state index in [0.717, 1.165) is 29.2 Å². The zero-order chi connectivity index (χ0) is 15.4. The van der Waals surface area contributed by atoms with Crippen molar-refractivity contribution in [2.75, 3.05) is 11.9 Å². The molecule has 21 heavy (non-hydrogen) atoms. The summed E-state index contributed by atoms with van der Waals surface area (Å²) >= 11 is 12.2. The van der Waals surface area contributed by atoms with Gasteiger partial charge < -0.3 is 4.90 Å². The molecule has 0 spiro atoms. The van der Waals surface area contributed by atoms with Gasteiger partial charge >= 0.3 is 0 Å². The first kappa shape index (κ1) is 16.1. The minimum Gasteiger partial charge on any atom is -0.353 e. The molecule has 0 saturated heterocycles. The molecule has 1 atom stereocenters. The van der Waals surface area contributed by atoms with Crippen LogP contribution in [-0.4, -0.2) is 17.0 Å². The predicted octanol–water partition coefficient (Wildman–Crippen LogP) is 4.93. The molecule has 0 aliphatic carbocycles. The summed E-state index contributed by atoms with van der Waals surface area (Å²) in [5.74, 6) is 0.888. The zero-order valence-electron chi connectivity index (χ0n) is 12.5. The van der Waals surface area contributed by atoms with Crippen molar-refractivity contribution in [2.45, 2.75) is 32.7 Å². The molecule has 2 rings (SSSR count). The summed E-state index contributed by atoms with van der Waals surface area (Å²) < 4.78 is 0. The summed E-state index contributed by atoms with van der Waals surface area (Å²) in [6.07, 6.45) is 3.39. The molecule has 2 aromatic rings. The second-order valence-corrected chi connectivity index (χ2v) is 5.85. The Morgan fingerprint density at radius 1 is 1.14 bits per heavy atom. The van der Waals surface area contributed by atoms with Crippen LogP contribution in [0.1, 0.15) is 37.4 Å². The number of hydrogen-bond acceptors (Lipinski definition) is 3. The molecule has 0 amide bonds. The van der Waals surface area contributed by atoms with Crippen LogP contribution in [-0.2, 0) is 6.42 Å². The van der Waals surface area contributed by atoms with Crippen LogP contribution in [0.15, 0.2) is 30.6 Å². The highest BCUT2D eigenvalue weighted by atomic mass is 35.5. The lowest BCUT2D eigenvalue weighted by Crippen LogP contribution is -2.24. The third-order valence-corrected chi connectivity index (χ3v) is 4.22. The molecular weight excluding hydrogens is 305 g/mol. The molecule has 0 bridgehead atoms. The lowest BCUT2D eigenvalue weighted by atomic mass is 10.1. The summed E-state index contributed by atoms with van der Waals surface area (Å²) in [4.78, 5) is 10.6. The highest BCUT2D eigenvalue weighted by Crippen LogP contribution is 2.30. The highest BCUT2D eigenvalue weighted by molar-refractivity contribution is 6.30. The lowest BCUT2D eigenvalue weighted by molar-refractivity contribution is 0.717. The molecule has 1 heterocycles. The average molecular weight is 324 g/mol. The van der Waals surface area contributed by atoms with Crippen LogP contribution in [0, 0.1) is 0 Å². The normalized spacial score (nSPS) is 12.2. The molecule has 0 aliphatic heterocycles. The van der Waals surface area contributed by atoms with Crippen LogP contribution in [0.5, 0.6) is 0 Å². The predicted molar refractivity (Wildman–Crippen MR) is 89.3 cm³/mol. The Kier molecular flexibility index (Phi) is 5.43. The van der Waals surface area contributed by atoms with E-state index in [9.17, 15) is 0 Å². The van der Waals surface area contributed by atoms with Crippen molar-refractivity contribution in [1.82, 2.24) is 9.97 Å². The van der Waals surface area contributed by atoms with Gasteiger partial charge in [0, 0.05) is 17.6 Å². The van der Waals surface area contributed by atoms with E-state index in [4.69, 9.17) is 23.2 Å². The molecule has 0 fully saturated rings. The number of benzene rings is 1. The Labute approximate surface area is 135 Å². The monoisotopic (exact) mass is 323 g/mol. The topological polar surface area (TPSA) is 29.0 Å². The van der Waals surface area contributed by atoms with Gasteiger partial charge in [-0.05, 0) is 31.0 Å². The minimum absolute atomic E-state index is 0.170. The Bertz CT molecular complexity index is 599. The van der Waals surface area contributed by atoms with Crippen molar-refractivity contribution in [2.24, 2.45) is 0 Å². The number of aromatic nitrogens is 2. The number of hydrogen-bond donors (Lipinski definition) is 0. The second-order valence-electron chi connectivity index (χ2n) is 5.06. The SMILES string of the molecule is CCCc1c(Cl)ncnc1N(C)C(C)c1ccc(Cl)cc1. The van der Waals surface area contributed by atoms with Gasteiger partial charge in [0.25, 0.3) is 0 Å². The van der Waals surface area contributed by atoms with E-state index in [0.29, 0.717) is 5.15 Å². The third kappa shape index (κ3) is 3.66. The molecule has 0 aliphatic rings. The number of halogens is 2. The first-order valence-electron chi connectivity index (χ1n) is 7.02. The molecule has 1 aromatic carbocycles. The standard InChI is InChI=1S/C16H19Cl2N3/c1-4-5-14-15(18)19-10-20-16(14)21(3)11(2)12-6-8-13(17)9-7-12/h6-11H,4-5H2,1-3H3. The fourth-order valence-electron chi connectivity index (χ4n) is 2.30. The Hall–Kier alpha value is -1.32. The number of rotatable bonds is 5. The van der Waals surface area contributed by atoms with E-state index in [2.05, 4.69) is 28.7 Å². The zero-order valence-corrected chi connectivity index (χ0v) is 14.0. The van der Waals surface area contributed by atoms with Crippen molar-refractivity contribution >= 4 is 29.0 Å². The van der Waals surface area contributed by atoms with Crippen LogP contribution in [0.25, 0.3) is 0 Å². The van der Waals surface area contributed by atoms with Gasteiger partial charge in [0.1, 0.15) is 17.3 Å². The molecule has 112 valence electrons. The molecule has 5 heteroatoms. The van der Waals surface area contributed by atoms with Crippen LogP contribution in [0.4, 0.5) is 5.82 Å². The van der Waals surface area contributed by atoms with Gasteiger partial charge in [-0.2, -0.15) is 0 Å². The fourth-order valence-corrected chi connectivity index (χ4v) is 2.65. The van der Waals surface area contributed by atoms with Gasteiger partial charge in [0.05, 0.1) is 6.04 Å². The summed E-state index contributed by atoms with van der Waals surface area (Å²) in [5.41, 5.74) is 2.18. The van der Waals surface area contributed by atoms with Crippen LogP contribution in [0.3, 0.4) is 0 Å². The van der Waals surface area contributed by atoms with Gasteiger partial charge in [0.15, 0.2) is 0 Å². The largest absolute Gasteiger partial charge is 0.353 e. The summed E-state index contributed by atoms with van der Waals surface area (Å²) in [7, 11) is 2.02. The Morgan fingerprint density at radius 3 is 2.43 bits per heavy atom. The van der Waals surface area contributed by atoms with Crippen molar-refractivity contribution in [1.29, 1.82) is 0 Å². The maximum Gasteiger partial charge on any atom is 0.137 e. The molecular formula is C16H19Cl2N3. The summed E-state index contributed by atoms with van der Waals surface area (Å²) in [6, 6.07) is 8.05. The first-order valence-corrected chi connectivity index (χ1v) is 7.77. The van der Waals surface area contributed by atoms with Crippen molar-refractivity contribution < 1.29 is 0 Å². The molecule has 0 saturated carbocycles. The molecule has 3 nitrogen and oxygen atoms in total. The van der Waals surface area contributed by atoms with Gasteiger partial charge in [-0.3, -0.25) is 0 Å². The second kappa shape index (κ2) is 7.10. The molecule has 1 unspecified atom stereocenters. The van der Waals surface area contributed by atoms with E-state index in [1.165, 1.54) is 11.9 Å². The van der Waals surface area contributed by atoms with E-state index in [-0.39, 0.29) is 6.04 Å². The number of nitrogens with zero attached hydrogens (tertiary/aromatic N) is 3. The van der Waals surface area contributed by atoms with E-state index in [1.54, 1.807) is 0 Å². The number of anilines is 1. The quantitative estimate of drug-likeness (QED) is 0.730.